The molecule has 0 aromatic heterocycles. The molecule has 3 heterocycles. The van der Waals surface area contributed by atoms with Gasteiger partial charge in [-0.25, -0.2) is 8.42 Å². The van der Waals surface area contributed by atoms with Crippen LogP contribution in [0.1, 0.15) is 0 Å². The Kier molecular flexibility index (Phi) is 4.09. The second-order valence-corrected chi connectivity index (χ2v) is 7.98. The Morgan fingerprint density at radius 2 is 1.11 bits per heavy atom. The number of sulfone groups is 1. The van der Waals surface area contributed by atoms with Gasteiger partial charge in [-0.15, -0.1) is 0 Å². The third-order valence-electron chi connectivity index (χ3n) is 4.67. The van der Waals surface area contributed by atoms with Gasteiger partial charge < -0.3 is 19.3 Å². The smallest absolute Gasteiger partial charge is 0.162 e. The van der Waals surface area contributed by atoms with Gasteiger partial charge in [0.1, 0.15) is 37.7 Å². The van der Waals surface area contributed by atoms with Crippen molar-refractivity contribution < 1.29 is 27.7 Å². The number of hydrogen-bond acceptors (Lipinski definition) is 4. The van der Waals surface area contributed by atoms with Gasteiger partial charge >= 0.3 is 0 Å². The van der Waals surface area contributed by atoms with Gasteiger partial charge in [-0.3, -0.25) is 0 Å². The number of hydrogen-bond donors (Lipinski definition) is 2. The molecule has 7 heteroatoms. The third kappa shape index (κ3) is 3.11. The van der Waals surface area contributed by atoms with E-state index in [1.807, 2.05) is 0 Å². The molecule has 0 bridgehead atoms. The van der Waals surface area contributed by atoms with Crippen molar-refractivity contribution in [2.24, 2.45) is 0 Å². The van der Waals surface area contributed by atoms with E-state index in [2.05, 4.69) is 0 Å². The number of ether oxygens (including phenoxy) is 2. The quantitative estimate of drug-likeness (QED) is 0.544. The van der Waals surface area contributed by atoms with Crippen molar-refractivity contribution in [3.8, 4) is 0 Å². The average Bonchev–Trinajstić information content (AvgIpc) is 2.77. The summed E-state index contributed by atoms with van der Waals surface area (Å²) in [5.74, 6) is 0.717. The molecule has 0 unspecified atom stereocenters. The molecule has 2 N–H and O–H groups in total. The first kappa shape index (κ1) is 13.8. The normalized spacial score (nSPS) is 37.5. The van der Waals surface area contributed by atoms with Gasteiger partial charge in [-0.1, -0.05) is 0 Å². The van der Waals surface area contributed by atoms with Gasteiger partial charge in [0, 0.05) is 0 Å². The fourth-order valence-corrected chi connectivity index (χ4v) is 5.83. The molecule has 0 aliphatic carbocycles. The van der Waals surface area contributed by atoms with E-state index in [4.69, 9.17) is 9.47 Å². The number of nitrogens with one attached hydrogen (secondary N) is 2. The zero-order valence-electron chi connectivity index (χ0n) is 11.3. The van der Waals surface area contributed by atoms with Gasteiger partial charge in [0.2, 0.25) is 0 Å². The summed E-state index contributed by atoms with van der Waals surface area (Å²) in [6.45, 7) is 6.82. The standard InChI is InChI=1S/C12H22N2O4S/c15-19(16)9-11(13-1-5-17-6-2-13)12(10-19)14-3-7-18-8-4-14/h11-12H,1-10H2/p+2/t11-,12-/m0/s1. The lowest BCUT2D eigenvalue weighted by Gasteiger charge is -2.36. The van der Waals surface area contributed by atoms with Crippen LogP contribution < -0.4 is 9.80 Å². The van der Waals surface area contributed by atoms with E-state index < -0.39 is 9.84 Å². The summed E-state index contributed by atoms with van der Waals surface area (Å²) < 4.78 is 34.9. The van der Waals surface area contributed by atoms with Gasteiger partial charge in [-0.05, 0) is 0 Å². The van der Waals surface area contributed by atoms with Crippen LogP contribution in [0.2, 0.25) is 0 Å². The van der Waals surface area contributed by atoms with E-state index in [1.54, 1.807) is 0 Å². The van der Waals surface area contributed by atoms with Crippen LogP contribution in [-0.4, -0.2) is 84.6 Å². The van der Waals surface area contributed by atoms with Crippen LogP contribution in [0.15, 0.2) is 0 Å². The fraction of sp³-hybridized carbons (Fsp3) is 1.00. The van der Waals surface area contributed by atoms with Crippen molar-refractivity contribution in [1.29, 1.82) is 0 Å². The zero-order valence-corrected chi connectivity index (χ0v) is 12.1. The second-order valence-electron chi connectivity index (χ2n) is 5.83. The minimum absolute atomic E-state index is 0.252. The molecule has 0 spiro atoms. The first-order valence-electron chi connectivity index (χ1n) is 7.21. The summed E-state index contributed by atoms with van der Waals surface area (Å²) >= 11 is 0. The molecule has 2 atom stereocenters. The average molecular weight is 292 g/mol. The molecule has 3 fully saturated rings. The lowest BCUT2D eigenvalue weighted by atomic mass is 10.1. The van der Waals surface area contributed by atoms with Crippen molar-refractivity contribution in [3.05, 3.63) is 0 Å². The SMILES string of the molecule is O=S1(=O)C[C@H]([NH+]2CCOCC2)[C@@H]([NH+]2CCOCC2)C1. The summed E-state index contributed by atoms with van der Waals surface area (Å²) in [5.41, 5.74) is 0. The predicted molar refractivity (Wildman–Crippen MR) is 69.3 cm³/mol. The van der Waals surface area contributed by atoms with Gasteiger partial charge in [0.05, 0.1) is 26.4 Å². The van der Waals surface area contributed by atoms with Crippen molar-refractivity contribution in [3.63, 3.8) is 0 Å². The lowest BCUT2D eigenvalue weighted by molar-refractivity contribution is -0.996. The predicted octanol–water partition coefficient (Wildman–Crippen LogP) is -4.02. The second kappa shape index (κ2) is 5.65. The van der Waals surface area contributed by atoms with Gasteiger partial charge in [-0.2, -0.15) is 0 Å². The first-order chi connectivity index (χ1) is 9.16. The van der Waals surface area contributed by atoms with E-state index in [1.165, 1.54) is 9.80 Å². The Morgan fingerprint density at radius 1 is 0.737 bits per heavy atom. The Hall–Kier alpha value is -0.210. The largest absolute Gasteiger partial charge is 0.370 e. The number of quaternary nitrogens is 2. The van der Waals surface area contributed by atoms with E-state index >= 15 is 0 Å². The highest BCUT2D eigenvalue weighted by atomic mass is 32.2. The molecule has 3 rings (SSSR count). The highest BCUT2D eigenvalue weighted by Gasteiger charge is 2.49. The van der Waals surface area contributed by atoms with Crippen LogP contribution in [-0.2, 0) is 19.3 Å². The van der Waals surface area contributed by atoms with E-state index in [9.17, 15) is 8.42 Å². The van der Waals surface area contributed by atoms with Gasteiger partial charge in [0.15, 0.2) is 21.9 Å². The number of rotatable bonds is 2. The Bertz CT molecular complexity index is 370. The summed E-state index contributed by atoms with van der Waals surface area (Å²) in [7, 11) is -2.87. The minimum atomic E-state index is -2.87. The fourth-order valence-electron chi connectivity index (χ4n) is 3.66. The van der Waals surface area contributed by atoms with Crippen LogP contribution >= 0.6 is 0 Å². The summed E-state index contributed by atoms with van der Waals surface area (Å²) in [4.78, 5) is 2.85. The highest BCUT2D eigenvalue weighted by Crippen LogP contribution is 2.09. The first-order valence-corrected chi connectivity index (χ1v) is 9.03. The molecule has 6 nitrogen and oxygen atoms in total. The maximum absolute atomic E-state index is 12.0. The molecule has 0 saturated carbocycles. The maximum Gasteiger partial charge on any atom is 0.162 e. The van der Waals surface area contributed by atoms with Crippen LogP contribution in [0.4, 0.5) is 0 Å². The lowest BCUT2D eigenvalue weighted by Crippen LogP contribution is -3.27. The molecule has 0 aromatic carbocycles. The summed E-state index contributed by atoms with van der Waals surface area (Å²) in [5, 5.41) is 0. The van der Waals surface area contributed by atoms with Crippen LogP contribution in [0.5, 0.6) is 0 Å². The molecule has 3 saturated heterocycles. The Morgan fingerprint density at radius 3 is 1.47 bits per heavy atom. The van der Waals surface area contributed by atoms with E-state index in [-0.39, 0.29) is 12.1 Å². The maximum atomic E-state index is 12.0. The Labute approximate surface area is 114 Å². The molecule has 0 radical (unpaired) electrons. The zero-order chi connectivity index (χ0) is 13.3. The molecular formula is C12H24N2O4S+2. The highest BCUT2D eigenvalue weighted by molar-refractivity contribution is 7.91. The third-order valence-corrected chi connectivity index (χ3v) is 6.41. The summed E-state index contributed by atoms with van der Waals surface area (Å²) in [6.07, 6.45) is 0. The molecule has 3 aliphatic heterocycles. The molecule has 0 amide bonds. The molecule has 19 heavy (non-hydrogen) atoms. The van der Waals surface area contributed by atoms with Gasteiger partial charge in [0.25, 0.3) is 0 Å². The minimum Gasteiger partial charge on any atom is -0.370 e. The summed E-state index contributed by atoms with van der Waals surface area (Å²) in [6, 6.07) is 0.504. The van der Waals surface area contributed by atoms with E-state index in [0.29, 0.717) is 11.5 Å². The topological polar surface area (TPSA) is 61.5 Å². The van der Waals surface area contributed by atoms with Crippen molar-refractivity contribution >= 4 is 9.84 Å². The van der Waals surface area contributed by atoms with Crippen LogP contribution in [0.25, 0.3) is 0 Å². The van der Waals surface area contributed by atoms with Crippen LogP contribution in [0.3, 0.4) is 0 Å². The molecular weight excluding hydrogens is 268 g/mol. The van der Waals surface area contributed by atoms with Crippen molar-refractivity contribution in [2.75, 3.05) is 64.1 Å². The monoisotopic (exact) mass is 292 g/mol. The van der Waals surface area contributed by atoms with Crippen molar-refractivity contribution in [1.82, 2.24) is 0 Å². The van der Waals surface area contributed by atoms with Crippen LogP contribution in [0, 0.1) is 0 Å². The van der Waals surface area contributed by atoms with Crippen molar-refractivity contribution in [2.45, 2.75) is 12.1 Å². The van der Waals surface area contributed by atoms with E-state index in [0.717, 1.165) is 52.6 Å². The number of morpholine rings is 2. The Balaban J connectivity index is 1.74. The molecule has 110 valence electrons. The molecule has 0 aromatic rings. The molecule has 3 aliphatic rings.